The van der Waals surface area contributed by atoms with Crippen molar-refractivity contribution in [2.24, 2.45) is 4.99 Å². The number of benzene rings is 1. The minimum atomic E-state index is 0. The van der Waals surface area contributed by atoms with Gasteiger partial charge in [0.15, 0.2) is 17.5 Å². The summed E-state index contributed by atoms with van der Waals surface area (Å²) in [6.45, 7) is 7.60. The van der Waals surface area contributed by atoms with Crippen LogP contribution < -0.4 is 20.1 Å². The SMILES string of the molecule is CCNC(=NCCCN(C)CCOC)NCCc1ccc2c(c1)OCO2.I. The van der Waals surface area contributed by atoms with Gasteiger partial charge in [-0.3, -0.25) is 4.99 Å². The summed E-state index contributed by atoms with van der Waals surface area (Å²) in [6.07, 6.45) is 1.93. The maximum absolute atomic E-state index is 5.42. The monoisotopic (exact) mass is 492 g/mol. The number of methoxy groups -OCH3 is 1. The fourth-order valence-corrected chi connectivity index (χ4v) is 2.65. The zero-order valence-corrected chi connectivity index (χ0v) is 19.0. The molecule has 7 nitrogen and oxygen atoms in total. The van der Waals surface area contributed by atoms with Crippen LogP contribution in [0, 0.1) is 0 Å². The second-order valence-corrected chi connectivity index (χ2v) is 6.27. The summed E-state index contributed by atoms with van der Waals surface area (Å²) in [5, 5.41) is 6.69. The molecule has 2 N–H and O–H groups in total. The van der Waals surface area contributed by atoms with Gasteiger partial charge in [0.1, 0.15) is 0 Å². The van der Waals surface area contributed by atoms with E-state index in [0.29, 0.717) is 6.79 Å². The van der Waals surface area contributed by atoms with Crippen molar-refractivity contribution in [1.82, 2.24) is 15.5 Å². The molecule has 2 rings (SSSR count). The van der Waals surface area contributed by atoms with E-state index < -0.39 is 0 Å². The zero-order chi connectivity index (χ0) is 18.6. The van der Waals surface area contributed by atoms with Crippen LogP contribution in [0.5, 0.6) is 11.5 Å². The number of nitrogens with one attached hydrogen (secondary N) is 2. The molecular formula is C19H33IN4O3. The number of halogens is 1. The van der Waals surface area contributed by atoms with Crippen molar-refractivity contribution in [2.75, 3.05) is 60.3 Å². The molecule has 1 heterocycles. The molecule has 1 aromatic carbocycles. The van der Waals surface area contributed by atoms with Gasteiger partial charge in [0.25, 0.3) is 0 Å². The van der Waals surface area contributed by atoms with E-state index in [0.717, 1.165) is 69.6 Å². The van der Waals surface area contributed by atoms with E-state index >= 15 is 0 Å². The summed E-state index contributed by atoms with van der Waals surface area (Å²) in [5.74, 6) is 2.53. The van der Waals surface area contributed by atoms with Gasteiger partial charge in [-0.2, -0.15) is 0 Å². The van der Waals surface area contributed by atoms with E-state index in [1.54, 1.807) is 7.11 Å². The van der Waals surface area contributed by atoms with Gasteiger partial charge in [-0.25, -0.2) is 0 Å². The standard InChI is InChI=1S/C19H32N4O3.HI/c1-4-20-19(21-9-5-11-23(2)12-13-24-3)22-10-8-16-6-7-17-18(14-16)26-15-25-17;/h6-7,14H,4-5,8-13,15H2,1-3H3,(H2,20,21,22);1H. The maximum atomic E-state index is 5.42. The lowest BCUT2D eigenvalue weighted by Gasteiger charge is -2.15. The first kappa shape index (κ1) is 23.8. The van der Waals surface area contributed by atoms with Crippen molar-refractivity contribution < 1.29 is 14.2 Å². The third-order valence-corrected chi connectivity index (χ3v) is 4.13. The van der Waals surface area contributed by atoms with Gasteiger partial charge in [-0.15, -0.1) is 24.0 Å². The number of guanidine groups is 1. The molecule has 0 saturated carbocycles. The molecule has 154 valence electrons. The van der Waals surface area contributed by atoms with Crippen LogP contribution in [0.3, 0.4) is 0 Å². The summed E-state index contributed by atoms with van der Waals surface area (Å²) < 4.78 is 15.9. The van der Waals surface area contributed by atoms with Crippen molar-refractivity contribution in [1.29, 1.82) is 0 Å². The predicted octanol–water partition coefficient (Wildman–Crippen LogP) is 2.10. The Hall–Kier alpha value is -1.26. The first-order valence-electron chi connectivity index (χ1n) is 9.31. The van der Waals surface area contributed by atoms with Gasteiger partial charge in [-0.1, -0.05) is 6.07 Å². The number of fused-ring (bicyclic) bond motifs is 1. The van der Waals surface area contributed by atoms with E-state index in [4.69, 9.17) is 14.2 Å². The van der Waals surface area contributed by atoms with Gasteiger partial charge in [-0.05, 0) is 51.1 Å². The zero-order valence-electron chi connectivity index (χ0n) is 16.6. The molecule has 0 saturated heterocycles. The van der Waals surface area contributed by atoms with Crippen LogP contribution in [0.4, 0.5) is 0 Å². The summed E-state index contributed by atoms with van der Waals surface area (Å²) in [6, 6.07) is 6.09. The van der Waals surface area contributed by atoms with E-state index in [1.807, 2.05) is 12.1 Å². The van der Waals surface area contributed by atoms with Crippen LogP contribution in [-0.4, -0.2) is 71.1 Å². The summed E-state index contributed by atoms with van der Waals surface area (Å²) in [5.41, 5.74) is 1.22. The van der Waals surface area contributed by atoms with Gasteiger partial charge in [0.2, 0.25) is 6.79 Å². The molecule has 0 aromatic heterocycles. The van der Waals surface area contributed by atoms with Crippen LogP contribution in [0.2, 0.25) is 0 Å². The Kier molecular flexibility index (Phi) is 12.2. The Labute approximate surface area is 179 Å². The first-order chi connectivity index (χ1) is 12.7. The molecule has 0 fully saturated rings. The highest BCUT2D eigenvalue weighted by Gasteiger charge is 2.12. The molecule has 0 aliphatic carbocycles. The molecule has 27 heavy (non-hydrogen) atoms. The lowest BCUT2D eigenvalue weighted by Crippen LogP contribution is -2.38. The van der Waals surface area contributed by atoms with E-state index in [9.17, 15) is 0 Å². The van der Waals surface area contributed by atoms with Gasteiger partial charge in [0, 0.05) is 33.3 Å². The van der Waals surface area contributed by atoms with E-state index in [1.165, 1.54) is 5.56 Å². The highest BCUT2D eigenvalue weighted by atomic mass is 127. The van der Waals surface area contributed by atoms with Gasteiger partial charge >= 0.3 is 0 Å². The number of nitrogens with zero attached hydrogens (tertiary/aromatic N) is 2. The molecule has 0 amide bonds. The highest BCUT2D eigenvalue weighted by molar-refractivity contribution is 14.0. The number of rotatable bonds is 11. The Morgan fingerprint density at radius 2 is 2.04 bits per heavy atom. The number of hydrogen-bond donors (Lipinski definition) is 2. The number of ether oxygens (including phenoxy) is 3. The maximum Gasteiger partial charge on any atom is 0.231 e. The topological polar surface area (TPSA) is 67.4 Å². The molecule has 0 spiro atoms. The van der Waals surface area contributed by atoms with Crippen molar-refractivity contribution in [2.45, 2.75) is 19.8 Å². The summed E-state index contributed by atoms with van der Waals surface area (Å²) >= 11 is 0. The third-order valence-electron chi connectivity index (χ3n) is 4.13. The van der Waals surface area contributed by atoms with Gasteiger partial charge < -0.3 is 29.7 Å². The Balaban J connectivity index is 0.00000364. The Bertz CT molecular complexity index is 572. The fraction of sp³-hybridized carbons (Fsp3) is 0.632. The average molecular weight is 492 g/mol. The van der Waals surface area contributed by atoms with Crippen LogP contribution in [0.1, 0.15) is 18.9 Å². The van der Waals surface area contributed by atoms with Crippen molar-refractivity contribution in [3.63, 3.8) is 0 Å². The molecule has 0 atom stereocenters. The van der Waals surface area contributed by atoms with Crippen molar-refractivity contribution >= 4 is 29.9 Å². The number of aliphatic imine (C=N–C) groups is 1. The molecule has 0 radical (unpaired) electrons. The minimum Gasteiger partial charge on any atom is -0.454 e. The number of likely N-dealkylation sites (N-methyl/N-ethyl adjacent to an activating group) is 1. The molecule has 0 unspecified atom stereocenters. The predicted molar refractivity (Wildman–Crippen MR) is 120 cm³/mol. The minimum absolute atomic E-state index is 0. The van der Waals surface area contributed by atoms with Gasteiger partial charge in [0.05, 0.1) is 6.61 Å². The second kappa shape index (κ2) is 13.8. The quantitative estimate of drug-likeness (QED) is 0.214. The fourth-order valence-electron chi connectivity index (χ4n) is 2.65. The molecule has 1 aromatic rings. The number of hydrogen-bond acceptors (Lipinski definition) is 5. The third kappa shape index (κ3) is 8.98. The van der Waals surface area contributed by atoms with Crippen LogP contribution in [0.25, 0.3) is 0 Å². The first-order valence-corrected chi connectivity index (χ1v) is 9.31. The van der Waals surface area contributed by atoms with Crippen molar-refractivity contribution in [3.05, 3.63) is 23.8 Å². The van der Waals surface area contributed by atoms with Crippen LogP contribution >= 0.6 is 24.0 Å². The Morgan fingerprint density at radius 1 is 1.22 bits per heavy atom. The lowest BCUT2D eigenvalue weighted by molar-refractivity contribution is 0.161. The molecular weight excluding hydrogens is 459 g/mol. The lowest BCUT2D eigenvalue weighted by atomic mass is 10.1. The highest BCUT2D eigenvalue weighted by Crippen LogP contribution is 2.32. The average Bonchev–Trinajstić information content (AvgIpc) is 3.11. The molecule has 1 aliphatic rings. The smallest absolute Gasteiger partial charge is 0.231 e. The molecule has 1 aliphatic heterocycles. The van der Waals surface area contributed by atoms with Crippen LogP contribution in [-0.2, 0) is 11.2 Å². The van der Waals surface area contributed by atoms with E-state index in [-0.39, 0.29) is 24.0 Å². The van der Waals surface area contributed by atoms with E-state index in [2.05, 4.69) is 40.6 Å². The Morgan fingerprint density at radius 3 is 2.81 bits per heavy atom. The molecule has 0 bridgehead atoms. The normalized spacial score (nSPS) is 12.8. The second-order valence-electron chi connectivity index (χ2n) is 6.27. The van der Waals surface area contributed by atoms with Crippen LogP contribution in [0.15, 0.2) is 23.2 Å². The largest absolute Gasteiger partial charge is 0.454 e. The summed E-state index contributed by atoms with van der Waals surface area (Å²) in [4.78, 5) is 6.91. The molecule has 8 heteroatoms. The van der Waals surface area contributed by atoms with Crippen molar-refractivity contribution in [3.8, 4) is 11.5 Å². The summed E-state index contributed by atoms with van der Waals surface area (Å²) in [7, 11) is 3.84.